The van der Waals surface area contributed by atoms with E-state index in [1.165, 1.54) is 0 Å². The van der Waals surface area contributed by atoms with Crippen molar-refractivity contribution in [2.75, 3.05) is 37.9 Å². The van der Waals surface area contributed by atoms with E-state index in [1.807, 2.05) is 0 Å². The molecule has 0 fully saturated rings. The summed E-state index contributed by atoms with van der Waals surface area (Å²) in [5.74, 6) is -0.0662. The number of ether oxygens (including phenoxy) is 3. The minimum absolute atomic E-state index is 0.00112. The first-order chi connectivity index (χ1) is 19.7. The Morgan fingerprint density at radius 1 is 1.12 bits per heavy atom. The number of benzene rings is 2. The molecule has 206 valence electrons. The van der Waals surface area contributed by atoms with Crippen LogP contribution in [0.4, 0.5) is 17.2 Å². The summed E-state index contributed by atoms with van der Waals surface area (Å²) >= 11 is 0. The first kappa shape index (κ1) is 28.4. The number of pyridine rings is 1. The summed E-state index contributed by atoms with van der Waals surface area (Å²) in [6, 6.07) is 14.1. The van der Waals surface area contributed by atoms with Crippen LogP contribution in [0.3, 0.4) is 0 Å². The maximum absolute atomic E-state index is 13.4. The molecule has 41 heavy (non-hydrogen) atoms. The van der Waals surface area contributed by atoms with Gasteiger partial charge in [-0.3, -0.25) is 4.79 Å². The van der Waals surface area contributed by atoms with Gasteiger partial charge in [0.2, 0.25) is 5.76 Å². The number of aromatic nitrogens is 1. The number of fused-ring (bicyclic) bond motifs is 1. The number of amides is 1. The minimum Gasteiger partial charge on any atom is -0.492 e. The molecule has 11 heteroatoms. The molecule has 0 atom stereocenters. The molecule has 1 aliphatic heterocycles. The number of carbonyl (C=O) groups excluding carboxylic acids is 3. The molecule has 0 unspecified atom stereocenters. The lowest BCUT2D eigenvalue weighted by Gasteiger charge is -2.19. The Morgan fingerprint density at radius 3 is 2.56 bits per heavy atom. The van der Waals surface area contributed by atoms with Gasteiger partial charge in [-0.1, -0.05) is 12.0 Å². The standard InChI is InChI=1S/C30H25N5O6/c1-5-18-8-7-9-21(12-18)32-29-20(16-31)13-19-14-23(24(39-6-2)15-22(19)33-29)34-30(38)28-25(17-35(3)4)40-26(36)10-11-27(37)41-28/h1,7-15H,6,17H2,2-4H3,(H,32,33)(H,34,38)/b11-10-,28-25+. The molecule has 2 aromatic carbocycles. The zero-order valence-corrected chi connectivity index (χ0v) is 22.5. The van der Waals surface area contributed by atoms with Crippen molar-refractivity contribution in [2.45, 2.75) is 6.92 Å². The van der Waals surface area contributed by atoms with Crippen molar-refractivity contribution >= 4 is 45.9 Å². The molecule has 0 spiro atoms. The van der Waals surface area contributed by atoms with Gasteiger partial charge in [0, 0.05) is 34.9 Å². The number of anilines is 3. The summed E-state index contributed by atoms with van der Waals surface area (Å²) in [7, 11) is 3.38. The highest BCUT2D eigenvalue weighted by Crippen LogP contribution is 2.33. The molecule has 2 heterocycles. The van der Waals surface area contributed by atoms with Gasteiger partial charge in [-0.05, 0) is 51.4 Å². The second-order valence-corrected chi connectivity index (χ2v) is 8.94. The zero-order valence-electron chi connectivity index (χ0n) is 22.5. The van der Waals surface area contributed by atoms with Crippen molar-refractivity contribution in [3.05, 3.63) is 77.3 Å². The average molecular weight is 552 g/mol. The van der Waals surface area contributed by atoms with Gasteiger partial charge in [-0.2, -0.15) is 5.26 Å². The van der Waals surface area contributed by atoms with Gasteiger partial charge in [-0.25, -0.2) is 14.6 Å². The molecular weight excluding hydrogens is 526 g/mol. The van der Waals surface area contributed by atoms with E-state index in [9.17, 15) is 19.6 Å². The second kappa shape index (κ2) is 12.5. The molecule has 1 aromatic heterocycles. The molecule has 2 N–H and O–H groups in total. The van der Waals surface area contributed by atoms with Crippen molar-refractivity contribution in [2.24, 2.45) is 0 Å². The summed E-state index contributed by atoms with van der Waals surface area (Å²) in [6.45, 7) is 2.04. The van der Waals surface area contributed by atoms with Gasteiger partial charge in [-0.15, -0.1) is 6.42 Å². The molecule has 0 radical (unpaired) electrons. The quantitative estimate of drug-likeness (QED) is 0.315. The predicted molar refractivity (Wildman–Crippen MR) is 151 cm³/mol. The third kappa shape index (κ3) is 6.87. The van der Waals surface area contributed by atoms with Crippen LogP contribution in [0.15, 0.2) is 66.1 Å². The van der Waals surface area contributed by atoms with Gasteiger partial charge < -0.3 is 29.7 Å². The van der Waals surface area contributed by atoms with E-state index in [0.717, 1.165) is 12.2 Å². The average Bonchev–Trinajstić information content (AvgIpc) is 2.94. The van der Waals surface area contributed by atoms with Crippen molar-refractivity contribution < 1.29 is 28.6 Å². The number of carbonyl (C=O) groups is 3. The number of cyclic esters (lactones) is 2. The van der Waals surface area contributed by atoms with Crippen LogP contribution in [0.5, 0.6) is 5.75 Å². The third-order valence-corrected chi connectivity index (χ3v) is 5.58. The summed E-state index contributed by atoms with van der Waals surface area (Å²) in [5.41, 5.74) is 2.26. The number of esters is 2. The van der Waals surface area contributed by atoms with Crippen LogP contribution >= 0.6 is 0 Å². The molecular formula is C30H25N5O6. The van der Waals surface area contributed by atoms with Gasteiger partial charge >= 0.3 is 11.9 Å². The number of nitriles is 1. The molecule has 11 nitrogen and oxygen atoms in total. The Morgan fingerprint density at radius 2 is 1.88 bits per heavy atom. The molecule has 0 aliphatic carbocycles. The second-order valence-electron chi connectivity index (χ2n) is 8.94. The Bertz CT molecular complexity index is 1690. The molecule has 3 aromatic rings. The highest BCUT2D eigenvalue weighted by molar-refractivity contribution is 6.07. The maximum atomic E-state index is 13.4. The van der Waals surface area contributed by atoms with Crippen LogP contribution in [-0.2, 0) is 23.9 Å². The SMILES string of the molecule is C#Cc1cccc(Nc2nc3cc(OCC)c(NC(=O)/C4=C(/CN(C)C)OC(=O)/C=C\C(=O)O4)cc3cc2C#N)c1. The van der Waals surface area contributed by atoms with Crippen molar-refractivity contribution in [3.8, 4) is 24.2 Å². The predicted octanol–water partition coefficient (Wildman–Crippen LogP) is 3.60. The Balaban J connectivity index is 1.74. The largest absolute Gasteiger partial charge is 0.492 e. The Labute approximate surface area is 236 Å². The number of nitrogens with one attached hydrogen (secondary N) is 2. The lowest BCUT2D eigenvalue weighted by Crippen LogP contribution is -2.27. The summed E-state index contributed by atoms with van der Waals surface area (Å²) in [6.07, 6.45) is 7.28. The first-order valence-electron chi connectivity index (χ1n) is 12.4. The van der Waals surface area contributed by atoms with Crippen molar-refractivity contribution in [1.82, 2.24) is 9.88 Å². The topological polar surface area (TPSA) is 143 Å². The van der Waals surface area contributed by atoms with Crippen LogP contribution in [-0.4, -0.2) is 55.0 Å². The first-order valence-corrected chi connectivity index (χ1v) is 12.4. The number of hydrogen-bond acceptors (Lipinski definition) is 10. The monoisotopic (exact) mass is 551 g/mol. The van der Waals surface area contributed by atoms with E-state index in [0.29, 0.717) is 28.0 Å². The lowest BCUT2D eigenvalue weighted by molar-refractivity contribution is -0.142. The molecule has 1 amide bonds. The Kier molecular flexibility index (Phi) is 8.63. The highest BCUT2D eigenvalue weighted by atomic mass is 16.6. The van der Waals surface area contributed by atoms with Crippen LogP contribution < -0.4 is 15.4 Å². The highest BCUT2D eigenvalue weighted by Gasteiger charge is 2.27. The van der Waals surface area contributed by atoms with E-state index in [4.69, 9.17) is 20.6 Å². The van der Waals surface area contributed by atoms with Crippen molar-refractivity contribution in [3.63, 3.8) is 0 Å². The van der Waals surface area contributed by atoms with Crippen LogP contribution in [0.25, 0.3) is 10.9 Å². The van der Waals surface area contributed by atoms with E-state index in [2.05, 4.69) is 27.6 Å². The van der Waals surface area contributed by atoms with Crippen LogP contribution in [0.2, 0.25) is 0 Å². The molecule has 0 saturated carbocycles. The van der Waals surface area contributed by atoms with Crippen LogP contribution in [0, 0.1) is 23.7 Å². The smallest absolute Gasteiger partial charge is 0.336 e. The Hall–Kier alpha value is -5.65. The zero-order chi connectivity index (χ0) is 29.5. The van der Waals surface area contributed by atoms with E-state index in [-0.39, 0.29) is 35.9 Å². The van der Waals surface area contributed by atoms with Gasteiger partial charge in [0.05, 0.1) is 29.9 Å². The van der Waals surface area contributed by atoms with E-state index < -0.39 is 23.6 Å². The fourth-order valence-electron chi connectivity index (χ4n) is 3.85. The van der Waals surface area contributed by atoms with E-state index in [1.54, 1.807) is 68.4 Å². The van der Waals surface area contributed by atoms with Gasteiger partial charge in [0.25, 0.3) is 5.91 Å². The van der Waals surface area contributed by atoms with Gasteiger partial charge in [0.1, 0.15) is 17.6 Å². The third-order valence-electron chi connectivity index (χ3n) is 5.58. The maximum Gasteiger partial charge on any atom is 0.336 e. The summed E-state index contributed by atoms with van der Waals surface area (Å²) < 4.78 is 16.2. The number of likely N-dealkylation sites (N-methyl/N-ethyl adjacent to an activating group) is 1. The molecule has 1 aliphatic rings. The number of rotatable bonds is 8. The normalized spacial score (nSPS) is 15.6. The van der Waals surface area contributed by atoms with Crippen molar-refractivity contribution in [1.29, 1.82) is 5.26 Å². The summed E-state index contributed by atoms with van der Waals surface area (Å²) in [4.78, 5) is 43.8. The van der Waals surface area contributed by atoms with E-state index >= 15 is 0 Å². The number of terminal acetylenes is 1. The fourth-order valence-corrected chi connectivity index (χ4v) is 3.85. The molecule has 0 saturated heterocycles. The fraction of sp³-hybridized carbons (Fsp3) is 0.167. The summed E-state index contributed by atoms with van der Waals surface area (Å²) in [5, 5.41) is 16.1. The number of nitrogens with zero attached hydrogens (tertiary/aromatic N) is 3. The minimum atomic E-state index is -0.915. The molecule has 4 rings (SSSR count). The van der Waals surface area contributed by atoms with Crippen LogP contribution in [0.1, 0.15) is 18.1 Å². The number of hydrogen-bond donors (Lipinski definition) is 2. The van der Waals surface area contributed by atoms with Gasteiger partial charge in [0.15, 0.2) is 5.76 Å². The lowest BCUT2D eigenvalue weighted by atomic mass is 10.1. The molecule has 0 bridgehead atoms.